The fraction of sp³-hybridized carbons (Fsp3) is 0.625. The topological polar surface area (TPSA) is 12.0 Å². The SMILES string of the molecule is Cc1ccc(C2CC(NC3CCCSC3)C2)cc1. The van der Waals surface area contributed by atoms with E-state index in [1.54, 1.807) is 0 Å². The van der Waals surface area contributed by atoms with Gasteiger partial charge in [-0.15, -0.1) is 0 Å². The molecule has 1 aliphatic heterocycles. The van der Waals surface area contributed by atoms with Crippen molar-refractivity contribution in [2.75, 3.05) is 11.5 Å². The van der Waals surface area contributed by atoms with E-state index in [9.17, 15) is 0 Å². The van der Waals surface area contributed by atoms with Crippen molar-refractivity contribution >= 4 is 11.8 Å². The van der Waals surface area contributed by atoms with Crippen LogP contribution in [-0.2, 0) is 0 Å². The molecule has 1 unspecified atom stereocenters. The summed E-state index contributed by atoms with van der Waals surface area (Å²) in [4.78, 5) is 0. The van der Waals surface area contributed by atoms with Crippen molar-refractivity contribution in [2.24, 2.45) is 0 Å². The van der Waals surface area contributed by atoms with Gasteiger partial charge in [-0.1, -0.05) is 29.8 Å². The number of nitrogens with one attached hydrogen (secondary N) is 1. The minimum absolute atomic E-state index is 0.778. The van der Waals surface area contributed by atoms with Gasteiger partial charge in [0.05, 0.1) is 0 Å². The van der Waals surface area contributed by atoms with Crippen LogP contribution in [0.2, 0.25) is 0 Å². The molecule has 1 N–H and O–H groups in total. The van der Waals surface area contributed by atoms with E-state index < -0.39 is 0 Å². The molecule has 1 saturated carbocycles. The van der Waals surface area contributed by atoms with Crippen molar-refractivity contribution < 1.29 is 0 Å². The molecule has 0 radical (unpaired) electrons. The molecule has 0 bridgehead atoms. The number of aryl methyl sites for hydroxylation is 1. The normalized spacial score (nSPS) is 31.9. The van der Waals surface area contributed by atoms with Crippen molar-refractivity contribution in [3.63, 3.8) is 0 Å². The molecule has 1 aliphatic carbocycles. The zero-order valence-corrected chi connectivity index (χ0v) is 12.0. The Hall–Kier alpha value is -0.470. The summed E-state index contributed by atoms with van der Waals surface area (Å²) >= 11 is 2.12. The van der Waals surface area contributed by atoms with Crippen LogP contribution in [0.5, 0.6) is 0 Å². The van der Waals surface area contributed by atoms with Gasteiger partial charge >= 0.3 is 0 Å². The van der Waals surface area contributed by atoms with Crippen molar-refractivity contribution in [3.8, 4) is 0 Å². The maximum Gasteiger partial charge on any atom is 0.0161 e. The van der Waals surface area contributed by atoms with E-state index in [1.165, 1.54) is 48.3 Å². The van der Waals surface area contributed by atoms with Crippen molar-refractivity contribution in [3.05, 3.63) is 35.4 Å². The highest BCUT2D eigenvalue weighted by Gasteiger charge is 2.31. The summed E-state index contributed by atoms with van der Waals surface area (Å²) in [6.07, 6.45) is 5.46. The van der Waals surface area contributed by atoms with Crippen molar-refractivity contribution in [1.82, 2.24) is 5.32 Å². The number of hydrogen-bond donors (Lipinski definition) is 1. The molecule has 0 aromatic heterocycles. The zero-order chi connectivity index (χ0) is 12.4. The molecule has 1 aromatic rings. The summed E-state index contributed by atoms with van der Waals surface area (Å²) in [5.74, 6) is 3.50. The third-order valence-electron chi connectivity index (χ3n) is 4.32. The lowest BCUT2D eigenvalue weighted by atomic mass is 9.75. The number of benzene rings is 1. The van der Waals surface area contributed by atoms with E-state index >= 15 is 0 Å². The first-order valence-corrected chi connectivity index (χ1v) is 8.37. The summed E-state index contributed by atoms with van der Waals surface area (Å²) in [5, 5.41) is 3.85. The minimum Gasteiger partial charge on any atom is -0.310 e. The Bertz CT molecular complexity index is 375. The Morgan fingerprint density at radius 2 is 1.89 bits per heavy atom. The maximum absolute atomic E-state index is 3.85. The largest absolute Gasteiger partial charge is 0.310 e. The minimum atomic E-state index is 0.778. The van der Waals surface area contributed by atoms with E-state index in [0.717, 1.165) is 18.0 Å². The van der Waals surface area contributed by atoms with Crippen LogP contribution in [0.4, 0.5) is 0 Å². The van der Waals surface area contributed by atoms with Crippen LogP contribution in [0, 0.1) is 6.92 Å². The molecule has 1 nitrogen and oxygen atoms in total. The number of thioether (sulfide) groups is 1. The Kier molecular flexibility index (Phi) is 3.95. The summed E-state index contributed by atoms with van der Waals surface area (Å²) < 4.78 is 0. The van der Waals surface area contributed by atoms with Crippen LogP contribution in [-0.4, -0.2) is 23.6 Å². The van der Waals surface area contributed by atoms with Crippen LogP contribution in [0.1, 0.15) is 42.7 Å². The van der Waals surface area contributed by atoms with E-state index in [-0.39, 0.29) is 0 Å². The Labute approximate surface area is 115 Å². The summed E-state index contributed by atoms with van der Waals surface area (Å²) in [6.45, 7) is 2.16. The monoisotopic (exact) mass is 261 g/mol. The van der Waals surface area contributed by atoms with E-state index in [4.69, 9.17) is 0 Å². The second kappa shape index (κ2) is 5.66. The molecule has 1 aromatic carbocycles. The molecule has 2 aliphatic rings. The average molecular weight is 261 g/mol. The highest BCUT2D eigenvalue weighted by atomic mass is 32.2. The van der Waals surface area contributed by atoms with Gasteiger partial charge in [-0.3, -0.25) is 0 Å². The standard InChI is InChI=1S/C16H23NS/c1-12-4-6-13(7-5-12)14-9-16(10-14)17-15-3-2-8-18-11-15/h4-7,14-17H,2-3,8-11H2,1H3. The first kappa shape index (κ1) is 12.6. The molecule has 1 saturated heterocycles. The Balaban J connectivity index is 1.46. The van der Waals surface area contributed by atoms with Crippen molar-refractivity contribution in [1.29, 1.82) is 0 Å². The average Bonchev–Trinajstić information content (AvgIpc) is 2.36. The van der Waals surface area contributed by atoms with Gasteiger partial charge in [0.2, 0.25) is 0 Å². The molecule has 98 valence electrons. The van der Waals surface area contributed by atoms with Gasteiger partial charge in [0.15, 0.2) is 0 Å². The van der Waals surface area contributed by atoms with E-state index in [0.29, 0.717) is 0 Å². The van der Waals surface area contributed by atoms with E-state index in [2.05, 4.69) is 48.3 Å². The summed E-state index contributed by atoms with van der Waals surface area (Å²) in [7, 11) is 0. The molecule has 3 rings (SSSR count). The lowest BCUT2D eigenvalue weighted by Gasteiger charge is -2.39. The number of hydrogen-bond acceptors (Lipinski definition) is 2. The van der Waals surface area contributed by atoms with Crippen LogP contribution in [0.3, 0.4) is 0 Å². The maximum atomic E-state index is 3.85. The molecule has 1 atom stereocenters. The Morgan fingerprint density at radius 3 is 2.56 bits per heavy atom. The first-order chi connectivity index (χ1) is 8.81. The highest BCUT2D eigenvalue weighted by molar-refractivity contribution is 7.99. The van der Waals surface area contributed by atoms with Gasteiger partial charge in [-0.2, -0.15) is 11.8 Å². The van der Waals surface area contributed by atoms with Crippen LogP contribution < -0.4 is 5.32 Å². The molecular formula is C16H23NS. The third kappa shape index (κ3) is 2.92. The van der Waals surface area contributed by atoms with Crippen LogP contribution in [0.25, 0.3) is 0 Å². The summed E-state index contributed by atoms with van der Waals surface area (Å²) in [5.41, 5.74) is 2.91. The highest BCUT2D eigenvalue weighted by Crippen LogP contribution is 2.37. The van der Waals surface area contributed by atoms with Gasteiger partial charge in [-0.05, 0) is 49.8 Å². The molecule has 0 spiro atoms. The zero-order valence-electron chi connectivity index (χ0n) is 11.2. The second-order valence-electron chi connectivity index (χ2n) is 5.86. The molecular weight excluding hydrogens is 238 g/mol. The van der Waals surface area contributed by atoms with Gasteiger partial charge in [0.25, 0.3) is 0 Å². The fourth-order valence-corrected chi connectivity index (χ4v) is 4.16. The third-order valence-corrected chi connectivity index (χ3v) is 5.53. The quantitative estimate of drug-likeness (QED) is 0.890. The predicted molar refractivity (Wildman–Crippen MR) is 80.4 cm³/mol. The van der Waals surface area contributed by atoms with Gasteiger partial charge < -0.3 is 5.32 Å². The lowest BCUT2D eigenvalue weighted by Crippen LogP contribution is -2.47. The molecule has 1 heterocycles. The van der Waals surface area contributed by atoms with Crippen molar-refractivity contribution in [2.45, 2.75) is 50.6 Å². The molecule has 0 amide bonds. The smallest absolute Gasteiger partial charge is 0.0161 e. The molecule has 2 fully saturated rings. The van der Waals surface area contributed by atoms with Gasteiger partial charge in [0.1, 0.15) is 0 Å². The van der Waals surface area contributed by atoms with Crippen LogP contribution >= 0.6 is 11.8 Å². The van der Waals surface area contributed by atoms with Crippen LogP contribution in [0.15, 0.2) is 24.3 Å². The summed E-state index contributed by atoms with van der Waals surface area (Å²) in [6, 6.07) is 10.7. The lowest BCUT2D eigenvalue weighted by molar-refractivity contribution is 0.265. The predicted octanol–water partition coefficient (Wildman–Crippen LogP) is 3.73. The van der Waals surface area contributed by atoms with Gasteiger partial charge in [-0.25, -0.2) is 0 Å². The van der Waals surface area contributed by atoms with Gasteiger partial charge in [0, 0.05) is 17.8 Å². The fourth-order valence-electron chi connectivity index (χ4n) is 3.07. The number of rotatable bonds is 3. The van der Waals surface area contributed by atoms with E-state index in [1.807, 2.05) is 0 Å². The molecule has 18 heavy (non-hydrogen) atoms. The molecule has 2 heteroatoms. The second-order valence-corrected chi connectivity index (χ2v) is 7.01. The first-order valence-electron chi connectivity index (χ1n) is 7.21. The Morgan fingerprint density at radius 1 is 1.11 bits per heavy atom.